The molecule has 8 rings (SSSR count). The van der Waals surface area contributed by atoms with Crippen LogP contribution in [0.1, 0.15) is 99.0 Å². The molecule has 0 radical (unpaired) electrons. The summed E-state index contributed by atoms with van der Waals surface area (Å²) in [4.78, 5) is 85.1. The van der Waals surface area contributed by atoms with E-state index in [1.165, 1.54) is 26.0 Å². The summed E-state index contributed by atoms with van der Waals surface area (Å²) in [6.45, 7) is 6.96. The van der Waals surface area contributed by atoms with Gasteiger partial charge < -0.3 is 44.3 Å². The Kier molecular flexibility index (Phi) is 12.2. The number of benzene rings is 3. The SMILES string of the molecule is CC(=O)O[C@H]1C(=O)[C@@]2(C)C([C@H](OC(=O)c3ccccc3)[C@]3(O)C[C@H](OC(=O)[C@H](O)C(NC(=O)c4ccccc4)c4ccccc4)C(C)=C1C3(C)C)[C@]1(OC(=O)C3CCC3)CO[C@@H]1C[C@@H]2O. The summed E-state index contributed by atoms with van der Waals surface area (Å²) in [6, 6.07) is 23.1. The summed E-state index contributed by atoms with van der Waals surface area (Å²) in [5.74, 6) is -7.00. The number of esters is 4. The Morgan fingerprint density at radius 1 is 0.846 bits per heavy atom. The zero-order chi connectivity index (χ0) is 46.6. The van der Waals surface area contributed by atoms with Crippen molar-refractivity contribution < 1.29 is 67.8 Å². The van der Waals surface area contributed by atoms with Crippen LogP contribution in [-0.2, 0) is 42.9 Å². The molecule has 11 atom stereocenters. The van der Waals surface area contributed by atoms with E-state index in [4.69, 9.17) is 23.7 Å². The number of aliphatic hydroxyl groups is 3. The van der Waals surface area contributed by atoms with E-state index in [0.29, 0.717) is 18.4 Å². The number of rotatable bonds is 11. The standard InChI is InChI=1S/C50H55NO14/c1-27-33(63-46(59)38(54)37(29-16-9-6-10-17-29)51-43(56)30-18-11-7-12-19-30)25-50(60)42(64-44(57)31-20-13-8-14-21-31)40-48(5,41(55)39(62-28(2)52)36(27)47(50,3)4)34(53)24-35-49(40,26-61-35)65-45(58)32-22-15-23-32/h6-14,16-21,32-35,37-40,42,53-54,60H,15,22-26H2,1-5H3,(H,51,56)/t33-,34-,35+,37?,38+,39+,40?,42-,48+,49-,50+/m0/s1. The molecule has 15 nitrogen and oxygen atoms in total. The van der Waals surface area contributed by atoms with Crippen LogP contribution in [0.5, 0.6) is 0 Å². The number of Topliss-reactive ketones (excluding diaryl/α,β-unsaturated/α-hetero) is 1. The van der Waals surface area contributed by atoms with E-state index in [9.17, 15) is 39.3 Å². The summed E-state index contributed by atoms with van der Waals surface area (Å²) in [6.07, 6.45) is -8.51. The van der Waals surface area contributed by atoms with Crippen LogP contribution in [0.25, 0.3) is 0 Å². The fourth-order valence-electron chi connectivity index (χ4n) is 10.8. The second-order valence-electron chi connectivity index (χ2n) is 18.8. The number of aliphatic hydroxyl groups excluding tert-OH is 2. The molecule has 3 aromatic carbocycles. The fraction of sp³-hybridized carbons (Fsp3) is 0.480. The van der Waals surface area contributed by atoms with Gasteiger partial charge in [-0.2, -0.15) is 0 Å². The van der Waals surface area contributed by atoms with Gasteiger partial charge >= 0.3 is 23.9 Å². The molecule has 1 aliphatic heterocycles. The topological polar surface area (TPSA) is 221 Å². The van der Waals surface area contributed by atoms with Gasteiger partial charge in [0, 0.05) is 30.7 Å². The normalized spacial score (nSPS) is 32.3. The molecule has 0 spiro atoms. The molecule has 344 valence electrons. The Balaban J connectivity index is 1.27. The third-order valence-electron chi connectivity index (χ3n) is 14.9. The molecule has 1 saturated heterocycles. The van der Waals surface area contributed by atoms with Crippen molar-refractivity contribution in [1.29, 1.82) is 0 Å². The highest BCUT2D eigenvalue weighted by Gasteiger charge is 2.78. The van der Waals surface area contributed by atoms with E-state index in [0.717, 1.165) is 13.3 Å². The number of nitrogens with one attached hydrogen (secondary N) is 1. The van der Waals surface area contributed by atoms with Gasteiger partial charge in [-0.3, -0.25) is 19.2 Å². The molecule has 15 heteroatoms. The van der Waals surface area contributed by atoms with Crippen molar-refractivity contribution >= 4 is 35.6 Å². The monoisotopic (exact) mass is 893 g/mol. The average molecular weight is 894 g/mol. The molecule has 65 heavy (non-hydrogen) atoms. The maximum absolute atomic E-state index is 15.7. The first kappa shape index (κ1) is 45.8. The Bertz CT molecular complexity index is 2380. The Morgan fingerprint density at radius 3 is 2.00 bits per heavy atom. The molecule has 5 aliphatic rings. The lowest BCUT2D eigenvalue weighted by molar-refractivity contribution is -0.347. The number of fused-ring (bicyclic) bond motifs is 5. The van der Waals surface area contributed by atoms with Gasteiger partial charge in [0.25, 0.3) is 5.91 Å². The lowest BCUT2D eigenvalue weighted by atomic mass is 9.44. The van der Waals surface area contributed by atoms with E-state index in [2.05, 4.69) is 5.32 Å². The van der Waals surface area contributed by atoms with Crippen molar-refractivity contribution in [3.05, 3.63) is 119 Å². The van der Waals surface area contributed by atoms with E-state index in [1.54, 1.807) is 92.7 Å². The maximum atomic E-state index is 15.7. The number of ether oxygens (including phenoxy) is 5. The quantitative estimate of drug-likeness (QED) is 0.118. The van der Waals surface area contributed by atoms with Crippen LogP contribution in [0.2, 0.25) is 0 Å². The minimum absolute atomic E-state index is 0.0101. The van der Waals surface area contributed by atoms with Crippen molar-refractivity contribution in [1.82, 2.24) is 5.32 Å². The zero-order valence-electron chi connectivity index (χ0n) is 36.9. The van der Waals surface area contributed by atoms with Crippen LogP contribution in [0.15, 0.2) is 102 Å². The number of hydrogen-bond donors (Lipinski definition) is 4. The van der Waals surface area contributed by atoms with Crippen LogP contribution in [0.3, 0.4) is 0 Å². The molecule has 4 aliphatic carbocycles. The van der Waals surface area contributed by atoms with Crippen molar-refractivity contribution in [2.45, 2.75) is 121 Å². The van der Waals surface area contributed by atoms with Crippen molar-refractivity contribution in [3.8, 4) is 0 Å². The molecule has 3 saturated carbocycles. The van der Waals surface area contributed by atoms with E-state index >= 15 is 4.79 Å². The largest absolute Gasteiger partial charge is 0.456 e. The third kappa shape index (κ3) is 7.65. The van der Waals surface area contributed by atoms with Gasteiger partial charge in [-0.25, -0.2) is 9.59 Å². The molecule has 2 bridgehead atoms. The highest BCUT2D eigenvalue weighted by Crippen LogP contribution is 2.64. The number of carbonyl (C=O) groups is 6. The molecule has 1 heterocycles. The van der Waals surface area contributed by atoms with Gasteiger partial charge in [0.05, 0.1) is 41.6 Å². The van der Waals surface area contributed by atoms with Gasteiger partial charge in [-0.15, -0.1) is 0 Å². The molecule has 3 aromatic rings. The van der Waals surface area contributed by atoms with Crippen LogP contribution < -0.4 is 5.32 Å². The summed E-state index contributed by atoms with van der Waals surface area (Å²) in [5.41, 5.74) is -6.95. The number of carbonyl (C=O) groups excluding carboxylic acids is 6. The molecule has 4 fully saturated rings. The number of amides is 1. The second-order valence-corrected chi connectivity index (χ2v) is 18.8. The fourth-order valence-corrected chi connectivity index (χ4v) is 10.8. The van der Waals surface area contributed by atoms with E-state index < -0.39 is 119 Å². The van der Waals surface area contributed by atoms with Gasteiger partial charge in [0.1, 0.15) is 23.9 Å². The minimum Gasteiger partial charge on any atom is -0.456 e. The van der Waals surface area contributed by atoms with Crippen molar-refractivity contribution in [2.24, 2.45) is 22.7 Å². The number of ketones is 1. The second kappa shape index (κ2) is 17.2. The highest BCUT2D eigenvalue weighted by atomic mass is 16.6. The molecule has 1 amide bonds. The van der Waals surface area contributed by atoms with Gasteiger partial charge in [-0.05, 0) is 67.7 Å². The van der Waals surface area contributed by atoms with Crippen LogP contribution in [0.4, 0.5) is 0 Å². The molecule has 0 aromatic heterocycles. The van der Waals surface area contributed by atoms with Gasteiger partial charge in [0.15, 0.2) is 23.6 Å². The van der Waals surface area contributed by atoms with Crippen LogP contribution in [0, 0.1) is 22.7 Å². The van der Waals surface area contributed by atoms with Crippen molar-refractivity contribution in [3.63, 3.8) is 0 Å². The lowest BCUT2D eigenvalue weighted by Gasteiger charge is -2.67. The summed E-state index contributed by atoms with van der Waals surface area (Å²) < 4.78 is 31.0. The number of hydrogen-bond acceptors (Lipinski definition) is 14. The first-order valence-electron chi connectivity index (χ1n) is 22.1. The first-order chi connectivity index (χ1) is 30.8. The predicted octanol–water partition coefficient (Wildman–Crippen LogP) is 4.52. The zero-order valence-corrected chi connectivity index (χ0v) is 36.9. The molecule has 4 N–H and O–H groups in total. The van der Waals surface area contributed by atoms with Gasteiger partial charge in [-0.1, -0.05) is 87.0 Å². The molecule has 2 unspecified atom stereocenters. The maximum Gasteiger partial charge on any atom is 0.338 e. The molecular weight excluding hydrogens is 839 g/mol. The first-order valence-corrected chi connectivity index (χ1v) is 22.1. The minimum atomic E-state index is -2.39. The van der Waals surface area contributed by atoms with E-state index in [1.807, 2.05) is 0 Å². The summed E-state index contributed by atoms with van der Waals surface area (Å²) in [7, 11) is 0. The van der Waals surface area contributed by atoms with E-state index in [-0.39, 0.29) is 35.3 Å². The summed E-state index contributed by atoms with van der Waals surface area (Å²) in [5, 5.41) is 40.7. The van der Waals surface area contributed by atoms with Gasteiger partial charge in [0.2, 0.25) is 0 Å². The van der Waals surface area contributed by atoms with Crippen LogP contribution in [-0.4, -0.2) is 105 Å². The predicted molar refractivity (Wildman–Crippen MR) is 229 cm³/mol. The third-order valence-corrected chi connectivity index (χ3v) is 14.9. The Morgan fingerprint density at radius 2 is 1.45 bits per heavy atom. The van der Waals surface area contributed by atoms with Crippen LogP contribution >= 0.6 is 0 Å². The Hall–Kier alpha value is -5.74. The summed E-state index contributed by atoms with van der Waals surface area (Å²) >= 11 is 0. The lowest BCUT2D eigenvalue weighted by Crippen LogP contribution is -2.82. The van der Waals surface area contributed by atoms with Crippen molar-refractivity contribution in [2.75, 3.05) is 6.61 Å². The average Bonchev–Trinajstić information content (AvgIpc) is 3.26. The molecular formula is C50H55NO14. The highest BCUT2D eigenvalue weighted by molar-refractivity contribution is 5.96. The smallest absolute Gasteiger partial charge is 0.338 e. The Labute approximate surface area is 376 Å².